The van der Waals surface area contributed by atoms with E-state index in [4.69, 9.17) is 0 Å². The Hall–Kier alpha value is -2.54. The summed E-state index contributed by atoms with van der Waals surface area (Å²) in [4.78, 5) is 5.93. The zero-order chi connectivity index (χ0) is 20.5. The van der Waals surface area contributed by atoms with Crippen LogP contribution in [0.2, 0.25) is 0 Å². The first kappa shape index (κ1) is 20.2. The minimum absolute atomic E-state index is 0.0141. The Kier molecular flexibility index (Phi) is 5.65. The van der Waals surface area contributed by atoms with Crippen molar-refractivity contribution < 1.29 is 17.2 Å². The van der Waals surface area contributed by atoms with E-state index < -0.39 is 22.0 Å². The lowest BCUT2D eigenvalue weighted by molar-refractivity contribution is 0.145. The van der Waals surface area contributed by atoms with Crippen LogP contribution in [0, 0.1) is 11.3 Å². The molecule has 10 heteroatoms. The third-order valence-corrected chi connectivity index (χ3v) is 6.13. The van der Waals surface area contributed by atoms with Crippen molar-refractivity contribution in [2.75, 3.05) is 18.2 Å². The van der Waals surface area contributed by atoms with Gasteiger partial charge in [-0.25, -0.2) is 22.2 Å². The van der Waals surface area contributed by atoms with Crippen LogP contribution in [0.25, 0.3) is 5.82 Å². The van der Waals surface area contributed by atoms with Gasteiger partial charge in [-0.2, -0.15) is 15.0 Å². The molecule has 3 rings (SSSR count). The largest absolute Gasteiger partial charge is 0.355 e. The molecule has 1 fully saturated rings. The van der Waals surface area contributed by atoms with Crippen molar-refractivity contribution in [2.45, 2.75) is 49.5 Å². The summed E-state index contributed by atoms with van der Waals surface area (Å²) in [7, 11) is -1.67. The Bertz CT molecular complexity index is 990. The van der Waals surface area contributed by atoms with Crippen molar-refractivity contribution in [1.82, 2.24) is 14.8 Å². The third-order valence-electron chi connectivity index (χ3n) is 5.03. The highest BCUT2D eigenvalue weighted by atomic mass is 32.2. The van der Waals surface area contributed by atoms with Crippen LogP contribution < -0.4 is 4.90 Å². The van der Waals surface area contributed by atoms with E-state index in [9.17, 15) is 22.5 Å². The highest BCUT2D eigenvalue weighted by Gasteiger charge is 2.30. The van der Waals surface area contributed by atoms with Crippen LogP contribution in [0.5, 0.6) is 0 Å². The fourth-order valence-electron chi connectivity index (χ4n) is 3.53. The molecule has 2 aromatic rings. The van der Waals surface area contributed by atoms with Crippen molar-refractivity contribution in [1.29, 1.82) is 5.26 Å². The van der Waals surface area contributed by atoms with Gasteiger partial charge in [0.2, 0.25) is 0 Å². The molecule has 0 aromatic carbocycles. The number of sulfone groups is 1. The Morgan fingerprint density at radius 2 is 1.96 bits per heavy atom. The first-order chi connectivity index (χ1) is 13.2. The molecule has 1 aliphatic rings. The summed E-state index contributed by atoms with van der Waals surface area (Å²) < 4.78 is 51.5. The average molecular weight is 409 g/mol. The first-order valence-corrected chi connectivity index (χ1v) is 10.8. The predicted molar refractivity (Wildman–Crippen MR) is 99.4 cm³/mol. The van der Waals surface area contributed by atoms with Crippen LogP contribution in [0.3, 0.4) is 0 Å². The summed E-state index contributed by atoms with van der Waals surface area (Å²) in [5, 5.41) is 13.5. The number of anilines is 1. The van der Waals surface area contributed by atoms with Gasteiger partial charge in [0.05, 0.1) is 4.90 Å². The first-order valence-electron chi connectivity index (χ1n) is 8.94. The molecule has 0 spiro atoms. The van der Waals surface area contributed by atoms with Gasteiger partial charge >= 0.3 is 0 Å². The van der Waals surface area contributed by atoms with Gasteiger partial charge in [-0.05, 0) is 25.0 Å². The van der Waals surface area contributed by atoms with Gasteiger partial charge in [0.25, 0.3) is 6.43 Å². The lowest BCUT2D eigenvalue weighted by Crippen LogP contribution is -2.35. The highest BCUT2D eigenvalue weighted by Crippen LogP contribution is 2.34. The maximum atomic E-state index is 13.5. The molecular weight excluding hydrogens is 388 g/mol. The SMILES string of the molecule is CN(c1c(C#N)c(C(F)F)nn1-c1ccc(S(C)(=O)=O)cn1)C1CCCCC1. The summed E-state index contributed by atoms with van der Waals surface area (Å²) in [5.41, 5.74) is -0.786. The smallest absolute Gasteiger partial charge is 0.283 e. The summed E-state index contributed by atoms with van der Waals surface area (Å²) in [6.07, 6.45) is 4.30. The molecule has 0 radical (unpaired) electrons. The Balaban J connectivity index is 2.13. The zero-order valence-electron chi connectivity index (χ0n) is 15.6. The summed E-state index contributed by atoms with van der Waals surface area (Å²) >= 11 is 0. The van der Waals surface area contributed by atoms with Crippen molar-refractivity contribution in [2.24, 2.45) is 0 Å². The second-order valence-electron chi connectivity index (χ2n) is 6.94. The van der Waals surface area contributed by atoms with Crippen LogP contribution in [0.4, 0.5) is 14.6 Å². The van der Waals surface area contributed by atoms with E-state index in [0.29, 0.717) is 0 Å². The number of nitriles is 1. The topological polar surface area (TPSA) is 91.9 Å². The average Bonchev–Trinajstić information content (AvgIpc) is 3.07. The molecule has 0 saturated heterocycles. The molecule has 0 atom stereocenters. The van der Waals surface area contributed by atoms with Crippen LogP contribution in [-0.2, 0) is 9.84 Å². The summed E-state index contributed by atoms with van der Waals surface area (Å²) in [6, 6.07) is 4.72. The fraction of sp³-hybridized carbons (Fsp3) is 0.500. The number of halogens is 2. The number of rotatable bonds is 5. The van der Waals surface area contributed by atoms with E-state index in [2.05, 4.69) is 10.1 Å². The second-order valence-corrected chi connectivity index (χ2v) is 8.95. The van der Waals surface area contributed by atoms with Gasteiger partial charge in [0.15, 0.2) is 21.5 Å². The normalized spacial score (nSPS) is 15.6. The number of aromatic nitrogens is 3. The molecule has 2 aromatic heterocycles. The molecule has 7 nitrogen and oxygen atoms in total. The monoisotopic (exact) mass is 409 g/mol. The van der Waals surface area contributed by atoms with Gasteiger partial charge in [-0.15, -0.1) is 0 Å². The van der Waals surface area contributed by atoms with Gasteiger partial charge in [0.1, 0.15) is 17.3 Å². The van der Waals surface area contributed by atoms with Crippen molar-refractivity contribution in [3.8, 4) is 11.9 Å². The highest BCUT2D eigenvalue weighted by molar-refractivity contribution is 7.90. The van der Waals surface area contributed by atoms with Crippen LogP contribution in [0.1, 0.15) is 49.8 Å². The minimum Gasteiger partial charge on any atom is -0.355 e. The van der Waals surface area contributed by atoms with Crippen molar-refractivity contribution in [3.63, 3.8) is 0 Å². The molecule has 1 saturated carbocycles. The fourth-order valence-corrected chi connectivity index (χ4v) is 4.09. The number of hydrogen-bond acceptors (Lipinski definition) is 6. The van der Waals surface area contributed by atoms with Gasteiger partial charge in [0, 0.05) is 25.5 Å². The molecule has 150 valence electrons. The van der Waals surface area contributed by atoms with E-state index in [1.807, 2.05) is 11.0 Å². The van der Waals surface area contributed by atoms with Crippen LogP contribution in [0.15, 0.2) is 23.2 Å². The second kappa shape index (κ2) is 7.83. The van der Waals surface area contributed by atoms with E-state index in [0.717, 1.165) is 44.6 Å². The molecule has 0 amide bonds. The zero-order valence-corrected chi connectivity index (χ0v) is 16.5. The Labute approximate surface area is 162 Å². The molecule has 0 N–H and O–H groups in total. The lowest BCUT2D eigenvalue weighted by atomic mass is 9.94. The number of pyridine rings is 1. The lowest BCUT2D eigenvalue weighted by Gasteiger charge is -2.33. The van der Waals surface area contributed by atoms with E-state index in [1.165, 1.54) is 16.8 Å². The molecule has 2 heterocycles. The molecule has 0 aliphatic heterocycles. The number of nitrogens with zero attached hydrogens (tertiary/aromatic N) is 5. The Morgan fingerprint density at radius 3 is 2.46 bits per heavy atom. The van der Waals surface area contributed by atoms with Crippen LogP contribution in [-0.4, -0.2) is 42.5 Å². The molecule has 1 aliphatic carbocycles. The number of alkyl halides is 2. The third kappa shape index (κ3) is 3.85. The van der Waals surface area contributed by atoms with Crippen LogP contribution >= 0.6 is 0 Å². The van der Waals surface area contributed by atoms with Gasteiger partial charge in [-0.1, -0.05) is 19.3 Å². The quantitative estimate of drug-likeness (QED) is 0.753. The maximum absolute atomic E-state index is 13.5. The van der Waals surface area contributed by atoms with Crippen molar-refractivity contribution in [3.05, 3.63) is 29.6 Å². The Morgan fingerprint density at radius 1 is 1.29 bits per heavy atom. The molecule has 28 heavy (non-hydrogen) atoms. The minimum atomic E-state index is -3.44. The van der Waals surface area contributed by atoms with E-state index in [-0.39, 0.29) is 28.1 Å². The summed E-state index contributed by atoms with van der Waals surface area (Å²) in [6.45, 7) is 0. The van der Waals surface area contributed by atoms with Gasteiger partial charge in [-0.3, -0.25) is 0 Å². The van der Waals surface area contributed by atoms with Crippen molar-refractivity contribution >= 4 is 15.7 Å². The summed E-state index contributed by atoms with van der Waals surface area (Å²) in [5.74, 6) is 0.428. The number of hydrogen-bond donors (Lipinski definition) is 0. The van der Waals surface area contributed by atoms with Gasteiger partial charge < -0.3 is 4.90 Å². The standard InChI is InChI=1S/C18H21F2N5O2S/c1-24(12-6-4-3-5-7-12)18-14(10-21)16(17(19)20)23-25(18)15-9-8-13(11-22-15)28(2,26)27/h8-9,11-12,17H,3-7H2,1-2H3. The van der Waals surface area contributed by atoms with E-state index in [1.54, 1.807) is 7.05 Å². The van der Waals surface area contributed by atoms with E-state index >= 15 is 0 Å². The molecular formula is C18H21F2N5O2S. The maximum Gasteiger partial charge on any atom is 0.283 e. The molecule has 0 bridgehead atoms. The molecule has 0 unspecified atom stereocenters. The predicted octanol–water partition coefficient (Wildman–Crippen LogP) is 3.25.